The molecule has 2 aromatic rings. The largest absolute Gasteiger partial charge is 0.486 e. The van der Waals surface area contributed by atoms with Crippen molar-refractivity contribution >= 4 is 6.09 Å². The van der Waals surface area contributed by atoms with E-state index in [0.29, 0.717) is 36.2 Å². The number of fused-ring (bicyclic) bond motifs is 1. The van der Waals surface area contributed by atoms with Crippen molar-refractivity contribution in [2.45, 2.75) is 31.4 Å². The van der Waals surface area contributed by atoms with Gasteiger partial charge in [0.1, 0.15) is 19.3 Å². The zero-order valence-corrected chi connectivity index (χ0v) is 18.7. The Balaban J connectivity index is 1.08. The first-order valence-corrected chi connectivity index (χ1v) is 11.7. The molecule has 2 aromatic carbocycles. The van der Waals surface area contributed by atoms with Crippen LogP contribution >= 0.6 is 0 Å². The molecule has 0 bridgehead atoms. The molecule has 2 saturated heterocycles. The fraction of sp³-hybridized carbons (Fsp3) is 0.462. The van der Waals surface area contributed by atoms with E-state index in [4.69, 9.17) is 19.5 Å². The Hall–Kier alpha value is -3.24. The summed E-state index contributed by atoms with van der Waals surface area (Å²) in [5.74, 6) is 1.97. The molecule has 172 valence electrons. The van der Waals surface area contributed by atoms with Crippen LogP contribution in [-0.2, 0) is 4.74 Å². The molecule has 0 radical (unpaired) electrons. The van der Waals surface area contributed by atoms with Crippen molar-refractivity contribution in [1.29, 1.82) is 5.26 Å². The van der Waals surface area contributed by atoms with Crippen molar-refractivity contribution in [3.8, 4) is 17.6 Å². The van der Waals surface area contributed by atoms with Gasteiger partial charge in [0.15, 0.2) is 11.5 Å². The fourth-order valence-electron chi connectivity index (χ4n) is 4.99. The maximum absolute atomic E-state index is 12.3. The molecule has 3 aliphatic rings. The van der Waals surface area contributed by atoms with Gasteiger partial charge in [0.2, 0.25) is 0 Å². The zero-order chi connectivity index (χ0) is 22.6. The minimum Gasteiger partial charge on any atom is -0.486 e. The summed E-state index contributed by atoms with van der Waals surface area (Å²) in [6.07, 6.45) is 2.99. The molecule has 33 heavy (non-hydrogen) atoms. The van der Waals surface area contributed by atoms with Gasteiger partial charge in [-0.15, -0.1) is 0 Å². The number of piperidine rings is 1. The minimum atomic E-state index is -0.199. The van der Waals surface area contributed by atoms with Gasteiger partial charge >= 0.3 is 6.09 Å². The number of amides is 1. The van der Waals surface area contributed by atoms with Crippen LogP contribution in [0.2, 0.25) is 0 Å². The molecule has 7 heteroatoms. The molecule has 2 fully saturated rings. The molecule has 3 aliphatic heterocycles. The summed E-state index contributed by atoms with van der Waals surface area (Å²) >= 11 is 0. The Morgan fingerprint density at radius 2 is 1.82 bits per heavy atom. The Morgan fingerprint density at radius 1 is 1.00 bits per heavy atom. The lowest BCUT2D eigenvalue weighted by atomic mass is 9.93. The van der Waals surface area contributed by atoms with Crippen LogP contribution in [0.4, 0.5) is 4.79 Å². The summed E-state index contributed by atoms with van der Waals surface area (Å²) in [4.78, 5) is 16.6. The summed E-state index contributed by atoms with van der Waals surface area (Å²) in [5, 5.41) is 9.11. The van der Waals surface area contributed by atoms with Crippen LogP contribution in [0.5, 0.6) is 11.5 Å². The highest BCUT2D eigenvalue weighted by Crippen LogP contribution is 2.33. The Morgan fingerprint density at radius 3 is 2.61 bits per heavy atom. The SMILES string of the molecule is N#Cc1ccc2c(c1)O[C@@H](CN1CCC(CCN3C(=O)OC[C@H]3c3ccccc3)CC1)CO2. The van der Waals surface area contributed by atoms with Crippen LogP contribution in [0.25, 0.3) is 0 Å². The smallest absolute Gasteiger partial charge is 0.410 e. The van der Waals surface area contributed by atoms with E-state index in [1.807, 2.05) is 23.1 Å². The third-order valence-electron chi connectivity index (χ3n) is 6.90. The topological polar surface area (TPSA) is 75.0 Å². The lowest BCUT2D eigenvalue weighted by molar-refractivity contribution is 0.0465. The number of carbonyl (C=O) groups is 1. The third kappa shape index (κ3) is 4.91. The standard InChI is InChI=1S/C26H29N3O4/c27-15-20-6-7-24-25(14-20)33-22(17-31-24)16-28-11-8-19(9-12-28)10-13-29-23(18-32-26(29)30)21-4-2-1-3-5-21/h1-7,14,19,22-23H,8-13,16-18H2/t22-,23-/m0/s1. The molecule has 1 amide bonds. The average molecular weight is 448 g/mol. The van der Waals surface area contributed by atoms with Gasteiger partial charge in [-0.25, -0.2) is 4.79 Å². The number of nitrogens with zero attached hydrogens (tertiary/aromatic N) is 3. The average Bonchev–Trinajstić information content (AvgIpc) is 3.24. The predicted octanol–water partition coefficient (Wildman–Crippen LogP) is 3.99. The Labute approximate surface area is 194 Å². The van der Waals surface area contributed by atoms with Gasteiger partial charge < -0.3 is 14.2 Å². The van der Waals surface area contributed by atoms with Crippen LogP contribution in [0.15, 0.2) is 48.5 Å². The van der Waals surface area contributed by atoms with Crippen molar-refractivity contribution in [2.24, 2.45) is 5.92 Å². The number of nitriles is 1. The maximum Gasteiger partial charge on any atom is 0.410 e. The van der Waals surface area contributed by atoms with E-state index >= 15 is 0 Å². The van der Waals surface area contributed by atoms with E-state index in [1.165, 1.54) is 0 Å². The zero-order valence-electron chi connectivity index (χ0n) is 18.7. The van der Waals surface area contributed by atoms with Crippen molar-refractivity contribution in [3.05, 3.63) is 59.7 Å². The van der Waals surface area contributed by atoms with Gasteiger partial charge in [-0.2, -0.15) is 5.26 Å². The molecule has 3 heterocycles. The molecular formula is C26H29N3O4. The number of rotatable bonds is 6. The number of ether oxygens (including phenoxy) is 3. The summed E-state index contributed by atoms with van der Waals surface area (Å²) in [7, 11) is 0. The van der Waals surface area contributed by atoms with E-state index in [2.05, 4.69) is 23.1 Å². The highest BCUT2D eigenvalue weighted by molar-refractivity contribution is 5.70. The van der Waals surface area contributed by atoms with Crippen LogP contribution in [0, 0.1) is 17.2 Å². The van der Waals surface area contributed by atoms with Crippen LogP contribution in [0.1, 0.15) is 36.4 Å². The van der Waals surface area contributed by atoms with Crippen LogP contribution in [-0.4, -0.2) is 61.4 Å². The fourth-order valence-corrected chi connectivity index (χ4v) is 4.99. The minimum absolute atomic E-state index is 0.0201. The number of carbonyl (C=O) groups excluding carboxylic acids is 1. The number of cyclic esters (lactones) is 1. The Kier molecular flexibility index (Phi) is 6.36. The summed E-state index contributed by atoms with van der Waals surface area (Å²) in [5.41, 5.74) is 1.71. The predicted molar refractivity (Wildman–Crippen MR) is 122 cm³/mol. The monoisotopic (exact) mass is 447 g/mol. The highest BCUT2D eigenvalue weighted by atomic mass is 16.6. The molecular weight excluding hydrogens is 418 g/mol. The first kappa shape index (κ1) is 21.6. The number of hydrogen-bond acceptors (Lipinski definition) is 6. The molecule has 0 aromatic heterocycles. The lowest BCUT2D eigenvalue weighted by Gasteiger charge is -2.36. The second-order valence-electron chi connectivity index (χ2n) is 9.05. The summed E-state index contributed by atoms with van der Waals surface area (Å²) < 4.78 is 17.3. The number of likely N-dealkylation sites (tertiary alicyclic amines) is 1. The molecule has 2 atom stereocenters. The molecule has 0 saturated carbocycles. The number of benzene rings is 2. The normalized spacial score (nSPS) is 23.2. The van der Waals surface area contributed by atoms with E-state index in [0.717, 1.165) is 51.0 Å². The maximum atomic E-state index is 12.3. The van der Waals surface area contributed by atoms with E-state index in [9.17, 15) is 4.79 Å². The third-order valence-corrected chi connectivity index (χ3v) is 6.90. The van der Waals surface area contributed by atoms with Gasteiger partial charge in [-0.1, -0.05) is 30.3 Å². The van der Waals surface area contributed by atoms with Gasteiger partial charge in [-0.3, -0.25) is 9.80 Å². The lowest BCUT2D eigenvalue weighted by Crippen LogP contribution is -2.44. The molecule has 0 spiro atoms. The van der Waals surface area contributed by atoms with E-state index < -0.39 is 0 Å². The molecule has 0 unspecified atom stereocenters. The molecule has 7 nitrogen and oxygen atoms in total. The van der Waals surface area contributed by atoms with Crippen molar-refractivity contribution in [1.82, 2.24) is 9.80 Å². The van der Waals surface area contributed by atoms with E-state index in [-0.39, 0.29) is 18.2 Å². The summed E-state index contributed by atoms with van der Waals surface area (Å²) in [6.45, 7) is 4.54. The second kappa shape index (κ2) is 9.72. The first-order valence-electron chi connectivity index (χ1n) is 11.7. The van der Waals surface area contributed by atoms with Crippen LogP contribution in [0.3, 0.4) is 0 Å². The van der Waals surface area contributed by atoms with Gasteiger partial charge in [0.05, 0.1) is 17.7 Å². The summed E-state index contributed by atoms with van der Waals surface area (Å²) in [6, 6.07) is 17.6. The second-order valence-corrected chi connectivity index (χ2v) is 9.05. The van der Waals surface area contributed by atoms with Crippen LogP contribution < -0.4 is 9.47 Å². The highest BCUT2D eigenvalue weighted by Gasteiger charge is 2.34. The number of hydrogen-bond donors (Lipinski definition) is 0. The van der Waals surface area contributed by atoms with Crippen molar-refractivity contribution in [2.75, 3.05) is 39.4 Å². The van der Waals surface area contributed by atoms with Crippen molar-refractivity contribution in [3.63, 3.8) is 0 Å². The Bertz CT molecular complexity index is 1010. The molecule has 0 N–H and O–H groups in total. The van der Waals surface area contributed by atoms with Gasteiger partial charge in [-0.05, 0) is 56.0 Å². The quantitative estimate of drug-likeness (QED) is 0.667. The molecule has 5 rings (SSSR count). The van der Waals surface area contributed by atoms with Gasteiger partial charge in [0, 0.05) is 19.2 Å². The van der Waals surface area contributed by atoms with Gasteiger partial charge in [0.25, 0.3) is 0 Å². The van der Waals surface area contributed by atoms with Crippen molar-refractivity contribution < 1.29 is 19.0 Å². The van der Waals surface area contributed by atoms with E-state index in [1.54, 1.807) is 18.2 Å². The molecule has 0 aliphatic carbocycles. The first-order chi connectivity index (χ1) is 16.2.